The molecule has 0 saturated carbocycles. The summed E-state index contributed by atoms with van der Waals surface area (Å²) in [4.78, 5) is 24.1. The minimum atomic E-state index is -1.24. The van der Waals surface area contributed by atoms with E-state index < -0.39 is 11.9 Å². The van der Waals surface area contributed by atoms with Gasteiger partial charge in [-0.1, -0.05) is 48.5 Å². The Bertz CT molecular complexity index is 1120. The van der Waals surface area contributed by atoms with Crippen LogP contribution in [0, 0.1) is 6.92 Å². The van der Waals surface area contributed by atoms with Crippen molar-refractivity contribution in [3.8, 4) is 11.5 Å². The van der Waals surface area contributed by atoms with Crippen LogP contribution in [-0.4, -0.2) is 23.6 Å². The summed E-state index contributed by atoms with van der Waals surface area (Å²) in [7, 11) is 0. The summed E-state index contributed by atoms with van der Waals surface area (Å²) in [6, 6.07) is 21.5. The summed E-state index contributed by atoms with van der Waals surface area (Å²) in [6.07, 6.45) is 1.39. The number of hydrogen-bond donors (Lipinski definition) is 2. The molecule has 3 aromatic rings. The van der Waals surface area contributed by atoms with Crippen LogP contribution in [0.25, 0.3) is 6.08 Å². The molecule has 3 rings (SSSR count). The fourth-order valence-corrected chi connectivity index (χ4v) is 3.03. The average Bonchev–Trinajstić information content (AvgIpc) is 2.79. The van der Waals surface area contributed by atoms with Gasteiger partial charge in [0.2, 0.25) is 0 Å². The first kappa shape index (κ1) is 22.6. The van der Waals surface area contributed by atoms with Gasteiger partial charge >= 0.3 is 5.97 Å². The molecule has 164 valence electrons. The van der Waals surface area contributed by atoms with E-state index in [1.165, 1.54) is 6.08 Å². The number of carbonyl (C=O) groups is 2. The van der Waals surface area contributed by atoms with Crippen LogP contribution in [0.2, 0.25) is 0 Å². The van der Waals surface area contributed by atoms with Crippen molar-refractivity contribution >= 4 is 18.0 Å². The van der Waals surface area contributed by atoms with E-state index in [-0.39, 0.29) is 5.70 Å². The van der Waals surface area contributed by atoms with Crippen LogP contribution < -0.4 is 14.8 Å². The lowest BCUT2D eigenvalue weighted by Crippen LogP contribution is -2.27. The van der Waals surface area contributed by atoms with E-state index >= 15 is 0 Å². The Hall–Kier alpha value is -4.06. The molecule has 0 atom stereocenters. The molecule has 1 amide bonds. The SMILES string of the molecule is CCOc1cc(C=C(NC(=O)c2ccccc2)C(=O)O)ccc1OCc1ccccc1C. The predicted octanol–water partition coefficient (Wildman–Crippen LogP) is 4.83. The van der Waals surface area contributed by atoms with Gasteiger partial charge in [0.25, 0.3) is 5.91 Å². The monoisotopic (exact) mass is 431 g/mol. The van der Waals surface area contributed by atoms with Gasteiger partial charge in [-0.15, -0.1) is 0 Å². The number of aryl methyl sites for hydroxylation is 1. The lowest BCUT2D eigenvalue weighted by molar-refractivity contribution is -0.132. The van der Waals surface area contributed by atoms with E-state index in [1.807, 2.05) is 38.1 Å². The number of benzene rings is 3. The molecule has 0 radical (unpaired) electrons. The quantitative estimate of drug-likeness (QED) is 0.474. The van der Waals surface area contributed by atoms with E-state index in [1.54, 1.807) is 48.5 Å². The Morgan fingerprint density at radius 1 is 0.938 bits per heavy atom. The second-order valence-corrected chi connectivity index (χ2v) is 7.04. The van der Waals surface area contributed by atoms with Crippen molar-refractivity contribution in [2.45, 2.75) is 20.5 Å². The number of carboxylic acids is 1. The molecular weight excluding hydrogens is 406 g/mol. The molecule has 0 spiro atoms. The summed E-state index contributed by atoms with van der Waals surface area (Å²) in [5, 5.41) is 12.0. The molecule has 0 unspecified atom stereocenters. The highest BCUT2D eigenvalue weighted by molar-refractivity contribution is 6.02. The summed E-state index contributed by atoms with van der Waals surface area (Å²) in [6.45, 7) is 4.68. The summed E-state index contributed by atoms with van der Waals surface area (Å²) in [5.41, 5.74) is 2.88. The van der Waals surface area contributed by atoms with Crippen molar-refractivity contribution in [2.75, 3.05) is 6.61 Å². The van der Waals surface area contributed by atoms with Crippen LogP contribution in [0.4, 0.5) is 0 Å². The maximum absolute atomic E-state index is 12.4. The minimum Gasteiger partial charge on any atom is -0.490 e. The van der Waals surface area contributed by atoms with Gasteiger partial charge in [0.1, 0.15) is 12.3 Å². The second kappa shape index (κ2) is 10.8. The van der Waals surface area contributed by atoms with Crippen molar-refractivity contribution in [1.82, 2.24) is 5.32 Å². The lowest BCUT2D eigenvalue weighted by Gasteiger charge is -2.14. The van der Waals surface area contributed by atoms with Gasteiger partial charge in [-0.05, 0) is 60.9 Å². The van der Waals surface area contributed by atoms with Gasteiger partial charge in [0.15, 0.2) is 11.5 Å². The normalized spacial score (nSPS) is 11.0. The smallest absolute Gasteiger partial charge is 0.352 e. The van der Waals surface area contributed by atoms with Crippen LogP contribution in [-0.2, 0) is 11.4 Å². The van der Waals surface area contributed by atoms with Gasteiger partial charge in [-0.3, -0.25) is 4.79 Å². The van der Waals surface area contributed by atoms with E-state index in [9.17, 15) is 14.7 Å². The molecule has 0 heterocycles. The Kier molecular flexibility index (Phi) is 7.65. The summed E-state index contributed by atoms with van der Waals surface area (Å²) in [5.74, 6) is -0.694. The first-order valence-corrected chi connectivity index (χ1v) is 10.2. The van der Waals surface area contributed by atoms with Crippen LogP contribution >= 0.6 is 0 Å². The highest BCUT2D eigenvalue weighted by atomic mass is 16.5. The molecular formula is C26H25NO5. The Morgan fingerprint density at radius 2 is 1.66 bits per heavy atom. The zero-order chi connectivity index (χ0) is 22.9. The van der Waals surface area contributed by atoms with E-state index in [0.29, 0.717) is 35.8 Å². The van der Waals surface area contributed by atoms with Gasteiger partial charge in [0, 0.05) is 5.56 Å². The van der Waals surface area contributed by atoms with Crippen LogP contribution in [0.5, 0.6) is 11.5 Å². The molecule has 0 fully saturated rings. The molecule has 3 aromatic carbocycles. The van der Waals surface area contributed by atoms with Gasteiger partial charge in [-0.2, -0.15) is 0 Å². The largest absolute Gasteiger partial charge is 0.490 e. The van der Waals surface area contributed by atoms with Crippen molar-refractivity contribution < 1.29 is 24.2 Å². The highest BCUT2D eigenvalue weighted by Crippen LogP contribution is 2.30. The summed E-state index contributed by atoms with van der Waals surface area (Å²) < 4.78 is 11.7. The number of amides is 1. The van der Waals surface area contributed by atoms with Crippen LogP contribution in [0.3, 0.4) is 0 Å². The zero-order valence-corrected chi connectivity index (χ0v) is 18.0. The molecule has 0 aliphatic carbocycles. The number of rotatable bonds is 9. The van der Waals surface area contributed by atoms with Gasteiger partial charge in [-0.25, -0.2) is 4.79 Å². The van der Waals surface area contributed by atoms with Crippen LogP contribution in [0.1, 0.15) is 34.0 Å². The Morgan fingerprint density at radius 3 is 2.34 bits per heavy atom. The third-order valence-corrected chi connectivity index (χ3v) is 4.74. The molecule has 0 aliphatic heterocycles. The van der Waals surface area contributed by atoms with Crippen LogP contribution in [0.15, 0.2) is 78.5 Å². The molecule has 32 heavy (non-hydrogen) atoms. The predicted molar refractivity (Wildman–Crippen MR) is 123 cm³/mol. The molecule has 0 aromatic heterocycles. The maximum atomic E-state index is 12.4. The van der Waals surface area contributed by atoms with Crippen molar-refractivity contribution in [3.05, 3.63) is 101 Å². The maximum Gasteiger partial charge on any atom is 0.352 e. The first-order chi connectivity index (χ1) is 15.5. The fraction of sp³-hybridized carbons (Fsp3) is 0.154. The minimum absolute atomic E-state index is 0.241. The number of nitrogens with one attached hydrogen (secondary N) is 1. The van der Waals surface area contributed by atoms with Gasteiger partial charge < -0.3 is 19.9 Å². The highest BCUT2D eigenvalue weighted by Gasteiger charge is 2.14. The standard InChI is InChI=1S/C26H25NO5/c1-3-31-24-16-19(13-14-23(24)32-17-21-12-8-7-9-18(21)2)15-22(26(29)30)27-25(28)20-10-5-4-6-11-20/h4-16H,3,17H2,1-2H3,(H,27,28)(H,29,30). The topological polar surface area (TPSA) is 84.9 Å². The molecule has 0 aliphatic rings. The van der Waals surface area contributed by atoms with Gasteiger partial charge in [0.05, 0.1) is 6.61 Å². The molecule has 0 bridgehead atoms. The fourth-order valence-electron chi connectivity index (χ4n) is 3.03. The van der Waals surface area contributed by atoms with Crippen molar-refractivity contribution in [2.24, 2.45) is 0 Å². The Labute approximate surface area is 187 Å². The van der Waals surface area contributed by atoms with E-state index in [0.717, 1.165) is 11.1 Å². The number of carboxylic acid groups (broad SMARTS) is 1. The molecule has 6 nitrogen and oxygen atoms in total. The van der Waals surface area contributed by atoms with Crippen molar-refractivity contribution in [1.29, 1.82) is 0 Å². The van der Waals surface area contributed by atoms with E-state index in [2.05, 4.69) is 5.32 Å². The third kappa shape index (κ3) is 5.98. The lowest BCUT2D eigenvalue weighted by atomic mass is 10.1. The Balaban J connectivity index is 1.81. The number of aliphatic carboxylic acids is 1. The first-order valence-electron chi connectivity index (χ1n) is 10.2. The third-order valence-electron chi connectivity index (χ3n) is 4.74. The zero-order valence-electron chi connectivity index (χ0n) is 18.0. The molecule has 6 heteroatoms. The van der Waals surface area contributed by atoms with E-state index in [4.69, 9.17) is 9.47 Å². The van der Waals surface area contributed by atoms with Crippen molar-refractivity contribution in [3.63, 3.8) is 0 Å². The molecule has 2 N–H and O–H groups in total. The second-order valence-electron chi connectivity index (χ2n) is 7.04. The number of carbonyl (C=O) groups excluding carboxylic acids is 1. The summed E-state index contributed by atoms with van der Waals surface area (Å²) >= 11 is 0. The average molecular weight is 431 g/mol. The number of ether oxygens (including phenoxy) is 2. The molecule has 0 saturated heterocycles. The number of hydrogen-bond acceptors (Lipinski definition) is 4.